The van der Waals surface area contributed by atoms with Crippen molar-refractivity contribution in [2.45, 2.75) is 18.9 Å². The Morgan fingerprint density at radius 2 is 1.45 bits per heavy atom. The van der Waals surface area contributed by atoms with Crippen LogP contribution in [0.3, 0.4) is 0 Å². The largest absolute Gasteiger partial charge is 0.335 e. The third-order valence-electron chi connectivity index (χ3n) is 4.47. The topological polar surface area (TPSA) is 87.3 Å². The Bertz CT molecular complexity index is 1040. The van der Waals surface area contributed by atoms with Gasteiger partial charge in [-0.15, -0.1) is 11.3 Å². The first kappa shape index (κ1) is 18.9. The lowest BCUT2D eigenvalue weighted by atomic mass is 10.0. The number of rotatable bonds is 6. The maximum atomic E-state index is 12.8. The van der Waals surface area contributed by atoms with E-state index in [2.05, 4.69) is 16.0 Å². The molecule has 4 rings (SSSR count). The van der Waals surface area contributed by atoms with E-state index in [4.69, 9.17) is 0 Å². The summed E-state index contributed by atoms with van der Waals surface area (Å²) in [6.07, 6.45) is 2.05. The van der Waals surface area contributed by atoms with Crippen molar-refractivity contribution in [1.29, 1.82) is 0 Å². The number of nitrogens with one attached hydrogen (secondary N) is 3. The van der Waals surface area contributed by atoms with Gasteiger partial charge < -0.3 is 16.0 Å². The summed E-state index contributed by atoms with van der Waals surface area (Å²) in [6, 6.07) is 17.2. The van der Waals surface area contributed by atoms with E-state index in [0.717, 1.165) is 12.8 Å². The van der Waals surface area contributed by atoms with Crippen LogP contribution in [0, 0.1) is 0 Å². The highest BCUT2D eigenvalue weighted by Crippen LogP contribution is 2.21. The Hall–Kier alpha value is -3.45. The van der Waals surface area contributed by atoms with Gasteiger partial charge in [0.15, 0.2) is 0 Å². The molecule has 6 nitrogen and oxygen atoms in total. The maximum Gasteiger partial charge on any atom is 0.319 e. The molecular weight excluding hydrogens is 386 g/mol. The predicted octanol–water partition coefficient (Wildman–Crippen LogP) is 4.52. The van der Waals surface area contributed by atoms with Gasteiger partial charge in [0.25, 0.3) is 5.91 Å². The van der Waals surface area contributed by atoms with Crippen molar-refractivity contribution in [3.05, 3.63) is 82.0 Å². The standard InChI is InChI=1S/C22H19N3O3S/c26-20(19-6-3-13-29-19)17-4-1-2-5-18(17)21(27)23-14-7-9-15(10-8-14)24-22(28)25-16-11-12-16/h1-10,13,16H,11-12H2,(H,23,27)(H2,24,25,28). The summed E-state index contributed by atoms with van der Waals surface area (Å²) in [5, 5.41) is 10.2. The molecule has 1 saturated carbocycles. The van der Waals surface area contributed by atoms with Gasteiger partial charge in [-0.25, -0.2) is 4.79 Å². The van der Waals surface area contributed by atoms with Crippen LogP contribution >= 0.6 is 11.3 Å². The average molecular weight is 405 g/mol. The molecule has 3 aromatic rings. The molecule has 7 heteroatoms. The number of anilines is 2. The fourth-order valence-corrected chi connectivity index (χ4v) is 3.51. The molecule has 29 heavy (non-hydrogen) atoms. The SMILES string of the molecule is O=C(Nc1ccc(NC(=O)c2ccccc2C(=O)c2cccs2)cc1)NC1CC1. The van der Waals surface area contributed by atoms with E-state index in [9.17, 15) is 14.4 Å². The van der Waals surface area contributed by atoms with Crippen LogP contribution in [0.5, 0.6) is 0 Å². The highest BCUT2D eigenvalue weighted by atomic mass is 32.1. The van der Waals surface area contributed by atoms with Crippen molar-refractivity contribution in [2.75, 3.05) is 10.6 Å². The molecule has 1 aliphatic rings. The molecule has 1 aliphatic carbocycles. The Morgan fingerprint density at radius 1 is 0.793 bits per heavy atom. The molecule has 1 fully saturated rings. The molecule has 0 bridgehead atoms. The van der Waals surface area contributed by atoms with Gasteiger partial charge in [-0.1, -0.05) is 24.3 Å². The van der Waals surface area contributed by atoms with Gasteiger partial charge in [0, 0.05) is 23.0 Å². The van der Waals surface area contributed by atoms with E-state index in [0.29, 0.717) is 27.4 Å². The van der Waals surface area contributed by atoms with Gasteiger partial charge in [0.05, 0.1) is 10.4 Å². The minimum atomic E-state index is -0.363. The second-order valence-electron chi connectivity index (χ2n) is 6.76. The van der Waals surface area contributed by atoms with E-state index in [1.165, 1.54) is 11.3 Å². The van der Waals surface area contributed by atoms with E-state index < -0.39 is 0 Å². The Kier molecular flexibility index (Phi) is 5.39. The van der Waals surface area contributed by atoms with Crippen LogP contribution in [0.4, 0.5) is 16.2 Å². The van der Waals surface area contributed by atoms with Crippen molar-refractivity contribution in [3.63, 3.8) is 0 Å². The van der Waals surface area contributed by atoms with Crippen LogP contribution in [0.2, 0.25) is 0 Å². The van der Waals surface area contributed by atoms with E-state index >= 15 is 0 Å². The van der Waals surface area contributed by atoms with Gasteiger partial charge in [0.1, 0.15) is 0 Å². The molecule has 0 atom stereocenters. The van der Waals surface area contributed by atoms with E-state index in [-0.39, 0.29) is 23.8 Å². The third kappa shape index (κ3) is 4.70. The number of thiophene rings is 1. The molecule has 0 unspecified atom stereocenters. The van der Waals surface area contributed by atoms with Crippen molar-refractivity contribution < 1.29 is 14.4 Å². The van der Waals surface area contributed by atoms with E-state index in [1.54, 1.807) is 60.7 Å². The number of ketones is 1. The summed E-state index contributed by atoms with van der Waals surface area (Å²) in [5.41, 5.74) is 1.88. The molecule has 2 aromatic carbocycles. The van der Waals surface area contributed by atoms with E-state index in [1.807, 2.05) is 5.38 Å². The number of carbonyl (C=O) groups excluding carboxylic acids is 3. The van der Waals surface area contributed by atoms with Crippen LogP contribution in [-0.2, 0) is 0 Å². The monoisotopic (exact) mass is 405 g/mol. The highest BCUT2D eigenvalue weighted by molar-refractivity contribution is 7.12. The summed E-state index contributed by atoms with van der Waals surface area (Å²) in [6.45, 7) is 0. The first-order valence-electron chi connectivity index (χ1n) is 9.26. The van der Waals surface area contributed by atoms with Crippen molar-refractivity contribution >= 4 is 40.4 Å². The first-order chi connectivity index (χ1) is 14.1. The third-order valence-corrected chi connectivity index (χ3v) is 5.34. The van der Waals surface area contributed by atoms with Crippen LogP contribution in [0.25, 0.3) is 0 Å². The molecule has 146 valence electrons. The molecule has 1 heterocycles. The quantitative estimate of drug-likeness (QED) is 0.527. The lowest BCUT2D eigenvalue weighted by Crippen LogP contribution is -2.30. The van der Waals surface area contributed by atoms with Crippen LogP contribution in [0.1, 0.15) is 38.4 Å². The predicted molar refractivity (Wildman–Crippen MR) is 114 cm³/mol. The number of urea groups is 1. The number of benzene rings is 2. The first-order valence-corrected chi connectivity index (χ1v) is 10.1. The fraction of sp³-hybridized carbons (Fsp3) is 0.136. The summed E-state index contributed by atoms with van der Waals surface area (Å²) in [5.74, 6) is -0.537. The smallest absolute Gasteiger partial charge is 0.319 e. The number of hydrogen-bond acceptors (Lipinski definition) is 4. The second kappa shape index (κ2) is 8.28. The van der Waals surface area contributed by atoms with Crippen molar-refractivity contribution in [2.24, 2.45) is 0 Å². The number of carbonyl (C=O) groups is 3. The lowest BCUT2D eigenvalue weighted by molar-refractivity contribution is 0.0998. The van der Waals surface area contributed by atoms with Crippen molar-refractivity contribution in [3.8, 4) is 0 Å². The Labute approximate surface area is 172 Å². The summed E-state index contributed by atoms with van der Waals surface area (Å²) in [4.78, 5) is 37.8. The number of hydrogen-bond donors (Lipinski definition) is 3. The molecule has 0 radical (unpaired) electrons. The number of amides is 3. The molecular formula is C22H19N3O3S. The molecule has 1 aromatic heterocycles. The molecule has 0 aliphatic heterocycles. The van der Waals surface area contributed by atoms with Gasteiger partial charge in [-0.3, -0.25) is 9.59 Å². The zero-order valence-electron chi connectivity index (χ0n) is 15.5. The second-order valence-corrected chi connectivity index (χ2v) is 7.70. The average Bonchev–Trinajstić information content (AvgIpc) is 3.37. The summed E-state index contributed by atoms with van der Waals surface area (Å²) < 4.78 is 0. The van der Waals surface area contributed by atoms with Gasteiger partial charge >= 0.3 is 6.03 Å². The minimum Gasteiger partial charge on any atom is -0.335 e. The molecule has 0 saturated heterocycles. The van der Waals surface area contributed by atoms with Gasteiger partial charge in [0.2, 0.25) is 5.78 Å². The summed E-state index contributed by atoms with van der Waals surface area (Å²) >= 11 is 1.34. The zero-order valence-corrected chi connectivity index (χ0v) is 16.3. The normalized spacial score (nSPS) is 12.8. The van der Waals surface area contributed by atoms with Gasteiger partial charge in [-0.05, 0) is 54.6 Å². The summed E-state index contributed by atoms with van der Waals surface area (Å²) in [7, 11) is 0. The lowest BCUT2D eigenvalue weighted by Gasteiger charge is -2.10. The fourth-order valence-electron chi connectivity index (χ4n) is 2.84. The Balaban J connectivity index is 1.44. The van der Waals surface area contributed by atoms with Crippen LogP contribution in [-0.4, -0.2) is 23.8 Å². The van der Waals surface area contributed by atoms with Crippen molar-refractivity contribution in [1.82, 2.24) is 5.32 Å². The maximum absolute atomic E-state index is 12.8. The molecule has 3 N–H and O–H groups in total. The molecule has 0 spiro atoms. The zero-order chi connectivity index (χ0) is 20.2. The minimum absolute atomic E-state index is 0.174. The van der Waals surface area contributed by atoms with Crippen LogP contribution in [0.15, 0.2) is 66.0 Å². The Morgan fingerprint density at radius 3 is 2.07 bits per heavy atom. The van der Waals surface area contributed by atoms with Crippen LogP contribution < -0.4 is 16.0 Å². The highest BCUT2D eigenvalue weighted by Gasteiger charge is 2.23. The molecule has 3 amide bonds. The van der Waals surface area contributed by atoms with Gasteiger partial charge in [-0.2, -0.15) is 0 Å².